The first kappa shape index (κ1) is 21.9. The highest BCUT2D eigenvalue weighted by molar-refractivity contribution is 6.04. The highest BCUT2D eigenvalue weighted by Crippen LogP contribution is 2.16. The molecule has 160 valence electrons. The van der Waals surface area contributed by atoms with Gasteiger partial charge in [0.15, 0.2) is 0 Å². The number of rotatable bonds is 9. The third-order valence-electron chi connectivity index (χ3n) is 4.28. The van der Waals surface area contributed by atoms with Crippen molar-refractivity contribution >= 4 is 17.5 Å². The summed E-state index contributed by atoms with van der Waals surface area (Å²) in [7, 11) is 0. The van der Waals surface area contributed by atoms with E-state index in [4.69, 9.17) is 9.47 Å². The Kier molecular flexibility index (Phi) is 7.65. The van der Waals surface area contributed by atoms with Crippen LogP contribution < -0.4 is 20.1 Å². The van der Waals surface area contributed by atoms with Crippen LogP contribution in [-0.4, -0.2) is 31.1 Å². The first-order valence-corrected chi connectivity index (χ1v) is 10.1. The van der Waals surface area contributed by atoms with Gasteiger partial charge < -0.3 is 20.1 Å². The summed E-state index contributed by atoms with van der Waals surface area (Å²) in [4.78, 5) is 24.6. The molecule has 2 amide bonds. The molecular weight excluding hydrogens is 392 g/mol. The summed E-state index contributed by atoms with van der Waals surface area (Å²) in [5.74, 6) is 0.969. The fourth-order valence-corrected chi connectivity index (χ4v) is 2.82. The summed E-state index contributed by atoms with van der Waals surface area (Å²) in [5.41, 5.74) is 1.62. The van der Waals surface area contributed by atoms with E-state index in [1.807, 2.05) is 44.2 Å². The zero-order valence-electron chi connectivity index (χ0n) is 17.6. The van der Waals surface area contributed by atoms with Gasteiger partial charge in [0, 0.05) is 22.9 Å². The summed E-state index contributed by atoms with van der Waals surface area (Å²) < 4.78 is 11.3. The van der Waals surface area contributed by atoms with E-state index in [-0.39, 0.29) is 17.9 Å². The van der Waals surface area contributed by atoms with Gasteiger partial charge in [0.2, 0.25) is 0 Å². The predicted molar refractivity (Wildman–Crippen MR) is 121 cm³/mol. The third-order valence-corrected chi connectivity index (χ3v) is 4.28. The van der Waals surface area contributed by atoms with E-state index in [2.05, 4.69) is 10.6 Å². The lowest BCUT2D eigenvalue weighted by Gasteiger charge is -2.11. The lowest BCUT2D eigenvalue weighted by Crippen LogP contribution is -2.30. The van der Waals surface area contributed by atoms with E-state index < -0.39 is 0 Å². The Labute approximate surface area is 182 Å². The molecule has 0 aromatic heterocycles. The van der Waals surface area contributed by atoms with Gasteiger partial charge in [-0.3, -0.25) is 9.59 Å². The zero-order valence-corrected chi connectivity index (χ0v) is 17.6. The molecule has 0 saturated carbocycles. The number of anilines is 1. The summed E-state index contributed by atoms with van der Waals surface area (Å²) in [6.07, 6.45) is 0. The molecular formula is C25H26N2O4. The Hall–Kier alpha value is -3.80. The van der Waals surface area contributed by atoms with Crippen molar-refractivity contribution < 1.29 is 19.1 Å². The van der Waals surface area contributed by atoms with Crippen LogP contribution in [0.25, 0.3) is 0 Å². The van der Waals surface area contributed by atoms with Crippen molar-refractivity contribution in [3.05, 3.63) is 90.0 Å². The van der Waals surface area contributed by atoms with Crippen LogP contribution in [0.3, 0.4) is 0 Å². The van der Waals surface area contributed by atoms with Crippen LogP contribution in [0.2, 0.25) is 0 Å². The van der Waals surface area contributed by atoms with Gasteiger partial charge in [-0.2, -0.15) is 0 Å². The molecule has 3 aromatic carbocycles. The van der Waals surface area contributed by atoms with Crippen LogP contribution in [-0.2, 0) is 0 Å². The lowest BCUT2D eigenvalue weighted by molar-refractivity contribution is 0.0942. The molecule has 6 heteroatoms. The zero-order chi connectivity index (χ0) is 22.1. The van der Waals surface area contributed by atoms with Crippen molar-refractivity contribution in [3.8, 4) is 11.5 Å². The summed E-state index contributed by atoms with van der Waals surface area (Å²) in [6.45, 7) is 4.57. The van der Waals surface area contributed by atoms with Crippen molar-refractivity contribution in [3.63, 3.8) is 0 Å². The van der Waals surface area contributed by atoms with Gasteiger partial charge in [-0.15, -0.1) is 0 Å². The fraction of sp³-hybridized carbons (Fsp3) is 0.200. The Morgan fingerprint density at radius 2 is 1.39 bits per heavy atom. The van der Waals surface area contributed by atoms with Crippen molar-refractivity contribution in [1.82, 2.24) is 5.32 Å². The second kappa shape index (κ2) is 10.8. The molecule has 0 atom stereocenters. The minimum atomic E-state index is -0.259. The van der Waals surface area contributed by atoms with Crippen LogP contribution in [0, 0.1) is 0 Å². The van der Waals surface area contributed by atoms with Gasteiger partial charge >= 0.3 is 0 Å². The van der Waals surface area contributed by atoms with Crippen molar-refractivity contribution in [2.24, 2.45) is 0 Å². The average molecular weight is 418 g/mol. The third kappa shape index (κ3) is 6.89. The molecule has 0 spiro atoms. The van der Waals surface area contributed by atoms with E-state index >= 15 is 0 Å². The number of ether oxygens (including phenoxy) is 2. The standard InChI is InChI=1S/C25H26N2O4/c1-18(2)26-24(28)19-11-13-21(14-12-19)27-25(29)20-7-6-10-23(17-20)31-16-15-30-22-8-4-3-5-9-22/h3-14,17-18H,15-16H2,1-2H3,(H,26,28)(H,27,29). The number of benzene rings is 3. The number of hydrogen-bond acceptors (Lipinski definition) is 4. The molecule has 0 bridgehead atoms. The molecule has 0 aliphatic rings. The van der Waals surface area contributed by atoms with Crippen molar-refractivity contribution in [1.29, 1.82) is 0 Å². The number of nitrogens with one attached hydrogen (secondary N) is 2. The number of carbonyl (C=O) groups is 2. The normalized spacial score (nSPS) is 10.4. The van der Waals surface area contributed by atoms with Crippen LogP contribution in [0.1, 0.15) is 34.6 Å². The Balaban J connectivity index is 1.52. The topological polar surface area (TPSA) is 76.7 Å². The smallest absolute Gasteiger partial charge is 0.255 e. The Morgan fingerprint density at radius 3 is 2.06 bits per heavy atom. The molecule has 3 rings (SSSR count). The van der Waals surface area contributed by atoms with E-state index in [0.717, 1.165) is 5.75 Å². The van der Waals surface area contributed by atoms with Crippen LogP contribution >= 0.6 is 0 Å². The van der Waals surface area contributed by atoms with Crippen LogP contribution in [0.15, 0.2) is 78.9 Å². The van der Waals surface area contributed by atoms with Crippen LogP contribution in [0.5, 0.6) is 11.5 Å². The molecule has 0 aliphatic heterocycles. The van der Waals surface area contributed by atoms with Crippen molar-refractivity contribution in [2.45, 2.75) is 19.9 Å². The molecule has 0 radical (unpaired) electrons. The number of carbonyl (C=O) groups excluding carboxylic acids is 2. The first-order valence-electron chi connectivity index (χ1n) is 10.1. The molecule has 0 unspecified atom stereocenters. The SMILES string of the molecule is CC(C)NC(=O)c1ccc(NC(=O)c2cccc(OCCOc3ccccc3)c2)cc1. The second-order valence-corrected chi connectivity index (χ2v) is 7.20. The minimum absolute atomic E-state index is 0.0614. The average Bonchev–Trinajstić information content (AvgIpc) is 2.77. The van der Waals surface area contributed by atoms with Gasteiger partial charge in [-0.1, -0.05) is 24.3 Å². The molecule has 0 aliphatic carbocycles. The molecule has 31 heavy (non-hydrogen) atoms. The fourth-order valence-electron chi connectivity index (χ4n) is 2.82. The quantitative estimate of drug-likeness (QED) is 0.501. The van der Waals surface area contributed by atoms with Gasteiger partial charge in [0.1, 0.15) is 24.7 Å². The van der Waals surface area contributed by atoms with E-state index in [1.54, 1.807) is 48.5 Å². The number of para-hydroxylation sites is 1. The molecule has 2 N–H and O–H groups in total. The molecule has 0 heterocycles. The second-order valence-electron chi connectivity index (χ2n) is 7.20. The van der Waals surface area contributed by atoms with Crippen molar-refractivity contribution in [2.75, 3.05) is 18.5 Å². The van der Waals surface area contributed by atoms with E-state index in [9.17, 15) is 9.59 Å². The van der Waals surface area contributed by atoms with Gasteiger partial charge in [0.25, 0.3) is 11.8 Å². The largest absolute Gasteiger partial charge is 0.490 e. The predicted octanol–water partition coefficient (Wildman–Crippen LogP) is 4.53. The summed E-state index contributed by atoms with van der Waals surface area (Å²) >= 11 is 0. The maximum atomic E-state index is 12.6. The number of hydrogen-bond donors (Lipinski definition) is 2. The summed E-state index contributed by atoms with van der Waals surface area (Å²) in [6, 6.07) is 23.3. The molecule has 6 nitrogen and oxygen atoms in total. The highest BCUT2D eigenvalue weighted by Gasteiger charge is 2.10. The Morgan fingerprint density at radius 1 is 0.742 bits per heavy atom. The maximum Gasteiger partial charge on any atom is 0.255 e. The highest BCUT2D eigenvalue weighted by atomic mass is 16.5. The minimum Gasteiger partial charge on any atom is -0.490 e. The molecule has 3 aromatic rings. The molecule has 0 saturated heterocycles. The molecule has 0 fully saturated rings. The van der Waals surface area contributed by atoms with Gasteiger partial charge in [-0.25, -0.2) is 0 Å². The van der Waals surface area contributed by atoms with Crippen LogP contribution in [0.4, 0.5) is 5.69 Å². The van der Waals surface area contributed by atoms with E-state index in [1.165, 1.54) is 0 Å². The maximum absolute atomic E-state index is 12.6. The first-order chi connectivity index (χ1) is 15.0. The van der Waals surface area contributed by atoms with Gasteiger partial charge in [0.05, 0.1) is 0 Å². The van der Waals surface area contributed by atoms with E-state index in [0.29, 0.717) is 35.8 Å². The number of amides is 2. The van der Waals surface area contributed by atoms with Gasteiger partial charge in [-0.05, 0) is 68.4 Å². The lowest BCUT2D eigenvalue weighted by atomic mass is 10.1. The summed E-state index contributed by atoms with van der Waals surface area (Å²) in [5, 5.41) is 5.66. The Bertz CT molecular complexity index is 1000. The monoisotopic (exact) mass is 418 g/mol.